The topological polar surface area (TPSA) is 143 Å². The van der Waals surface area contributed by atoms with Crippen molar-refractivity contribution in [3.63, 3.8) is 0 Å². The average molecular weight is 533 g/mol. The molecule has 202 valence electrons. The number of hydrogen-bond donors (Lipinski definition) is 2. The number of hydrogen-bond acceptors (Lipinski definition) is 9. The minimum Gasteiger partial charge on any atom is -0.462 e. The number of nitrogen functional groups attached to an aromatic ring is 1. The fourth-order valence-electron chi connectivity index (χ4n) is 3.01. The number of anilines is 1. The number of para-hydroxylation sites is 1. The fraction of sp³-hybridized carbons (Fsp3) is 0.440. The van der Waals surface area contributed by atoms with Gasteiger partial charge in [-0.15, -0.1) is 0 Å². The van der Waals surface area contributed by atoms with Crippen LogP contribution < -0.4 is 15.3 Å². The first-order valence-electron chi connectivity index (χ1n) is 12.0. The van der Waals surface area contributed by atoms with Crippen molar-refractivity contribution in [2.24, 2.45) is 0 Å². The van der Waals surface area contributed by atoms with Crippen LogP contribution in [-0.2, 0) is 25.4 Å². The van der Waals surface area contributed by atoms with E-state index in [4.69, 9.17) is 19.7 Å². The third kappa shape index (κ3) is 9.60. The van der Waals surface area contributed by atoms with Crippen molar-refractivity contribution in [3.05, 3.63) is 55.1 Å². The lowest BCUT2D eigenvalue weighted by atomic mass is 10.3. The van der Waals surface area contributed by atoms with Crippen molar-refractivity contribution in [2.45, 2.75) is 66.3 Å². The van der Waals surface area contributed by atoms with Gasteiger partial charge < -0.3 is 24.3 Å². The minimum absolute atomic E-state index is 0.272. The Morgan fingerprint density at radius 3 is 2.41 bits per heavy atom. The Kier molecular flexibility index (Phi) is 11.7. The Balaban J connectivity index is 0.00000112. The third-order valence-corrected chi connectivity index (χ3v) is 6.61. The molecule has 0 bridgehead atoms. The molecule has 0 aliphatic rings. The zero-order valence-electron chi connectivity index (χ0n) is 22.2. The number of esters is 1. The van der Waals surface area contributed by atoms with Gasteiger partial charge in [0, 0.05) is 0 Å². The highest BCUT2D eigenvalue weighted by Crippen LogP contribution is 2.44. The molecule has 0 fully saturated rings. The molecular formula is C25H37N6O5P. The molecule has 0 saturated carbocycles. The van der Waals surface area contributed by atoms with Crippen LogP contribution in [0.15, 0.2) is 55.1 Å². The van der Waals surface area contributed by atoms with Gasteiger partial charge in [-0.2, -0.15) is 0 Å². The lowest BCUT2D eigenvalue weighted by Gasteiger charge is -2.25. The molecule has 12 heteroatoms. The number of nitrogens with one attached hydrogen (secondary N) is 1. The molecule has 0 saturated heterocycles. The van der Waals surface area contributed by atoms with E-state index in [0.29, 0.717) is 29.3 Å². The van der Waals surface area contributed by atoms with E-state index in [1.165, 1.54) is 6.33 Å². The zero-order chi connectivity index (χ0) is 27.4. The summed E-state index contributed by atoms with van der Waals surface area (Å²) < 4.78 is 32.2. The molecule has 0 spiro atoms. The van der Waals surface area contributed by atoms with E-state index in [1.807, 2.05) is 39.0 Å². The van der Waals surface area contributed by atoms with Gasteiger partial charge in [-0.05, 0) is 53.7 Å². The molecule has 11 nitrogen and oxygen atoms in total. The SMILES string of the molecule is C/C=C/C.CC(C)OC(=O)[C@H](C)N[P@@](=O)(CO[C@H](C)Cn1cnc2c(N)ncnc21)Oc1ccccc1. The summed E-state index contributed by atoms with van der Waals surface area (Å²) in [6.07, 6.45) is 6.01. The fourth-order valence-corrected chi connectivity index (χ4v) is 4.80. The van der Waals surface area contributed by atoms with E-state index in [-0.39, 0.29) is 18.6 Å². The number of ether oxygens (including phenoxy) is 2. The minimum atomic E-state index is -3.64. The van der Waals surface area contributed by atoms with Crippen molar-refractivity contribution >= 4 is 30.5 Å². The van der Waals surface area contributed by atoms with Gasteiger partial charge >= 0.3 is 13.5 Å². The second-order valence-electron chi connectivity index (χ2n) is 8.52. The Morgan fingerprint density at radius 1 is 1.11 bits per heavy atom. The molecule has 0 aliphatic carbocycles. The van der Waals surface area contributed by atoms with E-state index in [1.54, 1.807) is 55.9 Å². The van der Waals surface area contributed by atoms with Crippen LogP contribution in [0.3, 0.4) is 0 Å². The van der Waals surface area contributed by atoms with Crippen molar-refractivity contribution in [1.29, 1.82) is 0 Å². The van der Waals surface area contributed by atoms with Gasteiger partial charge in [-0.1, -0.05) is 30.4 Å². The maximum atomic E-state index is 13.6. The Bertz CT molecular complexity index is 1200. The number of nitrogens with two attached hydrogens (primary N) is 1. The summed E-state index contributed by atoms with van der Waals surface area (Å²) in [5, 5.41) is 2.78. The van der Waals surface area contributed by atoms with Crippen molar-refractivity contribution in [2.75, 3.05) is 12.1 Å². The molecule has 2 aromatic heterocycles. The molecule has 0 amide bonds. The maximum Gasteiger partial charge on any atom is 0.342 e. The normalized spacial score (nSPS) is 14.6. The molecule has 3 atom stereocenters. The Morgan fingerprint density at radius 2 is 1.78 bits per heavy atom. The summed E-state index contributed by atoms with van der Waals surface area (Å²) in [4.78, 5) is 24.6. The number of fused-ring (bicyclic) bond motifs is 1. The number of aromatic nitrogens is 4. The summed E-state index contributed by atoms with van der Waals surface area (Å²) in [7, 11) is -3.64. The van der Waals surface area contributed by atoms with E-state index in [2.05, 4.69) is 20.0 Å². The van der Waals surface area contributed by atoms with Gasteiger partial charge in [0.05, 0.1) is 25.1 Å². The highest BCUT2D eigenvalue weighted by molar-refractivity contribution is 7.57. The summed E-state index contributed by atoms with van der Waals surface area (Å²) in [6, 6.07) is 7.83. The largest absolute Gasteiger partial charge is 0.462 e. The second-order valence-corrected chi connectivity index (χ2v) is 10.6. The lowest BCUT2D eigenvalue weighted by Crippen LogP contribution is -2.37. The molecule has 1 aromatic carbocycles. The van der Waals surface area contributed by atoms with Gasteiger partial charge in [-0.25, -0.2) is 20.0 Å². The van der Waals surface area contributed by atoms with Crippen LogP contribution in [0.1, 0.15) is 41.5 Å². The maximum absolute atomic E-state index is 13.6. The summed E-state index contributed by atoms with van der Waals surface area (Å²) in [5.41, 5.74) is 6.91. The van der Waals surface area contributed by atoms with Crippen molar-refractivity contribution < 1.29 is 23.4 Å². The van der Waals surface area contributed by atoms with Crippen LogP contribution in [0.4, 0.5) is 5.82 Å². The monoisotopic (exact) mass is 532 g/mol. The van der Waals surface area contributed by atoms with E-state index >= 15 is 0 Å². The van der Waals surface area contributed by atoms with Crippen LogP contribution >= 0.6 is 7.52 Å². The standard InChI is InChI=1S/C21H29N6O5P.C4H8/c1-14(2)31-21(28)16(4)26-33(29,32-17-8-6-5-7-9-17)13-30-15(3)10-27-12-25-18-19(22)23-11-24-20(18)27;1-3-4-2/h5-9,11-12,14-16H,10,13H2,1-4H3,(H,26,29)(H2,22,23,24);3-4H,1-2H3/b;4-3+/t15-,16+,33-;/m1./s1. The highest BCUT2D eigenvalue weighted by Gasteiger charge is 2.32. The first-order chi connectivity index (χ1) is 17.6. The molecule has 3 N–H and O–H groups in total. The van der Waals surface area contributed by atoms with E-state index < -0.39 is 19.5 Å². The molecule has 3 aromatic rings. The van der Waals surface area contributed by atoms with Gasteiger partial charge in [0.2, 0.25) is 0 Å². The molecule has 0 radical (unpaired) electrons. The van der Waals surface area contributed by atoms with E-state index in [0.717, 1.165) is 0 Å². The first kappa shape index (κ1) is 30.0. The van der Waals surface area contributed by atoms with Gasteiger partial charge in [-0.3, -0.25) is 9.36 Å². The second kappa shape index (κ2) is 14.5. The number of nitrogens with zero attached hydrogens (tertiary/aromatic N) is 4. The van der Waals surface area contributed by atoms with Crippen LogP contribution in [0, 0.1) is 0 Å². The lowest BCUT2D eigenvalue weighted by molar-refractivity contribution is -0.149. The smallest absolute Gasteiger partial charge is 0.342 e. The summed E-state index contributed by atoms with van der Waals surface area (Å²) >= 11 is 0. The number of imidazole rings is 1. The summed E-state index contributed by atoms with van der Waals surface area (Å²) in [6.45, 7) is 11.3. The molecule has 3 rings (SSSR count). The molecular weight excluding hydrogens is 495 g/mol. The molecule has 0 unspecified atom stereocenters. The van der Waals surface area contributed by atoms with E-state index in [9.17, 15) is 9.36 Å². The summed E-state index contributed by atoms with van der Waals surface area (Å²) in [5.74, 6) is 0.151. The average Bonchev–Trinajstić information content (AvgIpc) is 3.27. The van der Waals surface area contributed by atoms with Crippen LogP contribution in [0.25, 0.3) is 11.2 Å². The van der Waals surface area contributed by atoms with Crippen molar-refractivity contribution in [1.82, 2.24) is 24.6 Å². The van der Waals surface area contributed by atoms with Gasteiger partial charge in [0.25, 0.3) is 0 Å². The quantitative estimate of drug-likeness (QED) is 0.205. The zero-order valence-corrected chi connectivity index (χ0v) is 23.1. The number of carbonyl (C=O) groups excluding carboxylic acids is 1. The molecule has 2 heterocycles. The Hall–Kier alpha value is -3.27. The predicted molar refractivity (Wildman–Crippen MR) is 144 cm³/mol. The van der Waals surface area contributed by atoms with Crippen LogP contribution in [0.5, 0.6) is 5.75 Å². The predicted octanol–water partition coefficient (Wildman–Crippen LogP) is 4.56. The molecule has 37 heavy (non-hydrogen) atoms. The van der Waals surface area contributed by atoms with Gasteiger partial charge in [0.15, 0.2) is 11.5 Å². The molecule has 0 aliphatic heterocycles. The first-order valence-corrected chi connectivity index (χ1v) is 13.8. The number of carbonyl (C=O) groups is 1. The Labute approximate surface area is 217 Å². The third-order valence-electron chi connectivity index (χ3n) is 4.84. The van der Waals surface area contributed by atoms with Crippen LogP contribution in [0.2, 0.25) is 0 Å². The van der Waals surface area contributed by atoms with Crippen molar-refractivity contribution in [3.8, 4) is 5.75 Å². The number of rotatable bonds is 11. The number of benzene rings is 1. The van der Waals surface area contributed by atoms with Crippen LogP contribution in [-0.4, -0.2) is 50.1 Å². The number of allylic oxidation sites excluding steroid dienone is 2. The highest BCUT2D eigenvalue weighted by atomic mass is 31.2. The van der Waals surface area contributed by atoms with Gasteiger partial charge in [0.1, 0.15) is 30.0 Å².